The maximum Gasteiger partial charge on any atom is 0.263 e. The number of hydrogen-bond acceptors (Lipinski definition) is 5. The molecule has 4 nitrogen and oxygen atoms in total. The summed E-state index contributed by atoms with van der Waals surface area (Å²) in [4.78, 5) is 20.5. The number of thiazole rings is 1. The number of rotatable bonds is 5. The number of thiophene rings is 1. The van der Waals surface area contributed by atoms with Crippen LogP contribution in [-0.2, 0) is 0 Å². The third-order valence-electron chi connectivity index (χ3n) is 3.37. The highest BCUT2D eigenvalue weighted by Gasteiger charge is 2.16. The van der Waals surface area contributed by atoms with Crippen molar-refractivity contribution in [3.63, 3.8) is 0 Å². The SMILES string of the molecule is CNCCN(C)C(=O)c1ccc(-c2nc3ccccc3s2)s1.Cl. The number of benzene rings is 1. The van der Waals surface area contributed by atoms with Gasteiger partial charge in [-0.2, -0.15) is 0 Å². The first-order valence-corrected chi connectivity index (χ1v) is 8.68. The first kappa shape index (κ1) is 17.9. The van der Waals surface area contributed by atoms with E-state index < -0.39 is 0 Å². The lowest BCUT2D eigenvalue weighted by atomic mass is 10.3. The standard InChI is InChI=1S/C16H17N3OS2.ClH/c1-17-9-10-19(2)16(20)14-8-7-13(21-14)15-18-11-5-3-4-6-12(11)22-15;/h3-8,17H,9-10H2,1-2H3;1H. The fraction of sp³-hybridized carbons (Fsp3) is 0.250. The van der Waals surface area contributed by atoms with Gasteiger partial charge in [-0.05, 0) is 31.3 Å². The summed E-state index contributed by atoms with van der Waals surface area (Å²) in [6, 6.07) is 12.0. The van der Waals surface area contributed by atoms with Gasteiger partial charge in [0.25, 0.3) is 5.91 Å². The fourth-order valence-electron chi connectivity index (χ4n) is 2.11. The van der Waals surface area contributed by atoms with Crippen molar-refractivity contribution in [3.8, 4) is 9.88 Å². The average Bonchev–Trinajstić information content (AvgIpc) is 3.17. The lowest BCUT2D eigenvalue weighted by Crippen LogP contribution is -2.32. The minimum Gasteiger partial charge on any atom is -0.340 e. The highest BCUT2D eigenvalue weighted by atomic mass is 35.5. The summed E-state index contributed by atoms with van der Waals surface area (Å²) >= 11 is 3.17. The largest absolute Gasteiger partial charge is 0.340 e. The molecule has 0 unspecified atom stereocenters. The van der Waals surface area contributed by atoms with Crippen molar-refractivity contribution in [2.45, 2.75) is 0 Å². The van der Waals surface area contributed by atoms with Crippen molar-refractivity contribution >= 4 is 51.2 Å². The van der Waals surface area contributed by atoms with E-state index in [0.717, 1.165) is 26.8 Å². The van der Waals surface area contributed by atoms with Gasteiger partial charge in [0, 0.05) is 20.1 Å². The number of hydrogen-bond donors (Lipinski definition) is 1. The molecule has 122 valence electrons. The van der Waals surface area contributed by atoms with Gasteiger partial charge in [0.2, 0.25) is 0 Å². The molecule has 0 saturated carbocycles. The highest BCUT2D eigenvalue weighted by Crippen LogP contribution is 2.34. The topological polar surface area (TPSA) is 45.2 Å². The first-order valence-electron chi connectivity index (χ1n) is 7.05. The molecule has 0 fully saturated rings. The van der Waals surface area contributed by atoms with Crippen LogP contribution in [0.3, 0.4) is 0 Å². The maximum atomic E-state index is 12.4. The van der Waals surface area contributed by atoms with Gasteiger partial charge in [0.15, 0.2) is 0 Å². The molecular formula is C16H18ClN3OS2. The minimum atomic E-state index is 0. The van der Waals surface area contributed by atoms with E-state index in [-0.39, 0.29) is 18.3 Å². The molecule has 1 N–H and O–H groups in total. The molecule has 1 aromatic carbocycles. The number of halogens is 1. The van der Waals surface area contributed by atoms with E-state index in [4.69, 9.17) is 0 Å². The number of nitrogens with one attached hydrogen (secondary N) is 1. The molecule has 2 heterocycles. The second kappa shape index (κ2) is 7.88. The van der Waals surface area contributed by atoms with Crippen molar-refractivity contribution in [1.82, 2.24) is 15.2 Å². The fourth-order valence-corrected chi connectivity index (χ4v) is 4.14. The summed E-state index contributed by atoms with van der Waals surface area (Å²) in [7, 11) is 3.71. The minimum absolute atomic E-state index is 0. The predicted molar refractivity (Wildman–Crippen MR) is 101 cm³/mol. The summed E-state index contributed by atoms with van der Waals surface area (Å²) in [6.45, 7) is 1.49. The van der Waals surface area contributed by atoms with Gasteiger partial charge in [-0.15, -0.1) is 35.1 Å². The van der Waals surface area contributed by atoms with Gasteiger partial charge in [-0.25, -0.2) is 4.98 Å². The van der Waals surface area contributed by atoms with E-state index in [1.165, 1.54) is 16.0 Å². The van der Waals surface area contributed by atoms with E-state index in [0.29, 0.717) is 6.54 Å². The molecule has 0 saturated heterocycles. The number of para-hydroxylation sites is 1. The Morgan fingerprint density at radius 1 is 1.22 bits per heavy atom. The number of fused-ring (bicyclic) bond motifs is 1. The summed E-state index contributed by atoms with van der Waals surface area (Å²) in [5.74, 6) is 0.0626. The molecular weight excluding hydrogens is 350 g/mol. The molecule has 0 atom stereocenters. The molecule has 1 amide bonds. The van der Waals surface area contributed by atoms with Crippen LogP contribution in [0.4, 0.5) is 0 Å². The second-order valence-electron chi connectivity index (χ2n) is 4.98. The molecule has 0 aliphatic heterocycles. The van der Waals surface area contributed by atoms with Crippen LogP contribution < -0.4 is 5.32 Å². The Morgan fingerprint density at radius 2 is 2.00 bits per heavy atom. The van der Waals surface area contributed by atoms with Crippen LogP contribution in [-0.4, -0.2) is 43.0 Å². The number of nitrogens with zero attached hydrogens (tertiary/aromatic N) is 2. The van der Waals surface area contributed by atoms with Crippen LogP contribution in [0.25, 0.3) is 20.1 Å². The molecule has 7 heteroatoms. The number of carbonyl (C=O) groups is 1. The van der Waals surface area contributed by atoms with E-state index in [1.807, 2.05) is 44.4 Å². The zero-order valence-corrected chi connectivity index (χ0v) is 15.4. The summed E-state index contributed by atoms with van der Waals surface area (Å²) < 4.78 is 1.17. The van der Waals surface area contributed by atoms with Crippen LogP contribution in [0, 0.1) is 0 Å². The smallest absolute Gasteiger partial charge is 0.263 e. The Hall–Kier alpha value is -1.47. The van der Waals surface area contributed by atoms with Crippen LogP contribution >= 0.6 is 35.1 Å². The molecule has 0 radical (unpaired) electrons. The molecule has 0 spiro atoms. The van der Waals surface area contributed by atoms with Crippen molar-refractivity contribution in [2.75, 3.05) is 27.2 Å². The van der Waals surface area contributed by atoms with Crippen molar-refractivity contribution in [3.05, 3.63) is 41.3 Å². The molecule has 2 aromatic heterocycles. The van der Waals surface area contributed by atoms with Crippen molar-refractivity contribution in [2.24, 2.45) is 0 Å². The van der Waals surface area contributed by atoms with Crippen LogP contribution in [0.1, 0.15) is 9.67 Å². The van der Waals surface area contributed by atoms with Crippen molar-refractivity contribution < 1.29 is 4.79 Å². The monoisotopic (exact) mass is 367 g/mol. The number of aromatic nitrogens is 1. The highest BCUT2D eigenvalue weighted by molar-refractivity contribution is 7.26. The average molecular weight is 368 g/mol. The first-order chi connectivity index (χ1) is 10.7. The number of amides is 1. The normalized spacial score (nSPS) is 10.5. The Bertz CT molecular complexity index is 766. The van der Waals surface area contributed by atoms with Gasteiger partial charge >= 0.3 is 0 Å². The quantitative estimate of drug-likeness (QED) is 0.747. The second-order valence-corrected chi connectivity index (χ2v) is 7.10. The summed E-state index contributed by atoms with van der Waals surface area (Å²) in [5, 5.41) is 4.03. The molecule has 0 aliphatic rings. The lowest BCUT2D eigenvalue weighted by Gasteiger charge is -2.15. The predicted octanol–water partition coefficient (Wildman–Crippen LogP) is 3.74. The molecule has 0 bridgehead atoms. The maximum absolute atomic E-state index is 12.4. The molecule has 3 aromatic rings. The summed E-state index contributed by atoms with van der Waals surface area (Å²) in [6.07, 6.45) is 0. The van der Waals surface area contributed by atoms with Gasteiger partial charge in [-0.3, -0.25) is 4.79 Å². The Morgan fingerprint density at radius 3 is 2.74 bits per heavy atom. The van der Waals surface area contributed by atoms with Crippen LogP contribution in [0.5, 0.6) is 0 Å². The van der Waals surface area contributed by atoms with Crippen LogP contribution in [0.2, 0.25) is 0 Å². The zero-order valence-electron chi connectivity index (χ0n) is 12.9. The zero-order chi connectivity index (χ0) is 15.5. The van der Waals surface area contributed by atoms with Gasteiger partial charge in [0.1, 0.15) is 5.01 Å². The Kier molecular flexibility index (Phi) is 6.12. The number of carbonyl (C=O) groups excluding carboxylic acids is 1. The summed E-state index contributed by atoms with van der Waals surface area (Å²) in [5.41, 5.74) is 1.01. The molecule has 23 heavy (non-hydrogen) atoms. The van der Waals surface area contributed by atoms with E-state index in [2.05, 4.69) is 16.4 Å². The van der Waals surface area contributed by atoms with E-state index >= 15 is 0 Å². The van der Waals surface area contributed by atoms with Crippen molar-refractivity contribution in [1.29, 1.82) is 0 Å². The third kappa shape index (κ3) is 3.90. The third-order valence-corrected chi connectivity index (χ3v) is 5.64. The number of likely N-dealkylation sites (N-methyl/N-ethyl adjacent to an activating group) is 2. The van der Waals surface area contributed by atoms with Crippen LogP contribution in [0.15, 0.2) is 36.4 Å². The molecule has 0 aliphatic carbocycles. The van der Waals surface area contributed by atoms with E-state index in [1.54, 1.807) is 16.2 Å². The lowest BCUT2D eigenvalue weighted by molar-refractivity contribution is 0.0801. The molecule has 3 rings (SSSR count). The van der Waals surface area contributed by atoms with Gasteiger partial charge in [0.05, 0.1) is 20.0 Å². The van der Waals surface area contributed by atoms with Gasteiger partial charge < -0.3 is 10.2 Å². The van der Waals surface area contributed by atoms with Gasteiger partial charge in [-0.1, -0.05) is 12.1 Å². The van der Waals surface area contributed by atoms with E-state index in [9.17, 15) is 4.79 Å². The Balaban J connectivity index is 0.00000192. The Labute approximate surface area is 149 Å².